The highest BCUT2D eigenvalue weighted by molar-refractivity contribution is 7.47. The normalized spacial score (nSPS) is 14.2. The summed E-state index contributed by atoms with van der Waals surface area (Å²) in [5, 5.41) is 14.0. The van der Waals surface area contributed by atoms with Crippen LogP contribution in [0.1, 0.15) is 322 Å². The molecular weight excluding hydrogens is 1030 g/mol. The van der Waals surface area contributed by atoms with E-state index in [1.54, 1.807) is 6.08 Å². The quantitative estimate of drug-likeness (QED) is 0.0243. The molecule has 0 rings (SSSR count). The summed E-state index contributed by atoms with van der Waals surface area (Å²) in [6.07, 6.45) is 90.2. The monoisotopic (exact) mass is 1170 g/mol. The van der Waals surface area contributed by atoms with Crippen LogP contribution in [0.5, 0.6) is 0 Å². The van der Waals surface area contributed by atoms with Crippen LogP contribution in [0, 0.1) is 0 Å². The number of phosphoric ester groups is 1. The molecule has 0 aromatic carbocycles. The van der Waals surface area contributed by atoms with Gasteiger partial charge in [0.2, 0.25) is 5.91 Å². The number of nitrogens with zero attached hydrogens (tertiary/aromatic N) is 1. The highest BCUT2D eigenvalue weighted by atomic mass is 31.2. The van der Waals surface area contributed by atoms with Crippen molar-refractivity contribution < 1.29 is 32.9 Å². The SMILES string of the molecule is CC/C=C\C/C=C\C/C=C\C/C=C\C/C=C\CCCCCCCCCCCCCCCCCCCCCC(=O)NC(COP(=O)(O)OCC[N+](C)(C)C)C(O)/C=C/CC/C=C/CCCCCCCCCCCCCCCCCCCCC. The minimum Gasteiger partial charge on any atom is -0.387 e. The summed E-state index contributed by atoms with van der Waals surface area (Å²) in [6.45, 7) is 4.72. The van der Waals surface area contributed by atoms with Gasteiger partial charge in [-0.1, -0.05) is 324 Å². The van der Waals surface area contributed by atoms with E-state index in [1.165, 1.54) is 231 Å². The van der Waals surface area contributed by atoms with Crippen molar-refractivity contribution in [3.8, 4) is 0 Å². The molecule has 9 heteroatoms. The van der Waals surface area contributed by atoms with E-state index in [2.05, 4.69) is 92.1 Å². The van der Waals surface area contributed by atoms with Crippen molar-refractivity contribution in [2.24, 2.45) is 0 Å². The Morgan fingerprint density at radius 2 is 0.744 bits per heavy atom. The fourth-order valence-corrected chi connectivity index (χ4v) is 10.9. The maximum absolute atomic E-state index is 13.0. The minimum atomic E-state index is -4.36. The fourth-order valence-electron chi connectivity index (χ4n) is 10.2. The zero-order valence-corrected chi connectivity index (χ0v) is 55.6. The summed E-state index contributed by atoms with van der Waals surface area (Å²) in [7, 11) is 1.56. The molecule has 0 aromatic heterocycles. The Morgan fingerprint density at radius 1 is 0.427 bits per heavy atom. The van der Waals surface area contributed by atoms with E-state index in [0.29, 0.717) is 17.4 Å². The molecule has 0 radical (unpaired) electrons. The maximum Gasteiger partial charge on any atom is 0.472 e. The molecule has 0 aliphatic heterocycles. The summed E-state index contributed by atoms with van der Waals surface area (Å²) < 4.78 is 23.8. The average molecular weight is 1170 g/mol. The van der Waals surface area contributed by atoms with Gasteiger partial charge in [-0.15, -0.1) is 0 Å². The van der Waals surface area contributed by atoms with E-state index < -0.39 is 20.0 Å². The number of carbonyl (C=O) groups is 1. The molecule has 0 spiro atoms. The third-order valence-electron chi connectivity index (χ3n) is 15.6. The van der Waals surface area contributed by atoms with Crippen LogP contribution in [0.4, 0.5) is 0 Å². The molecule has 0 aliphatic rings. The molecule has 0 heterocycles. The molecule has 0 aromatic rings. The van der Waals surface area contributed by atoms with Crippen LogP contribution >= 0.6 is 7.82 Å². The third kappa shape index (κ3) is 65.2. The third-order valence-corrected chi connectivity index (χ3v) is 16.6. The first-order chi connectivity index (χ1) is 40.0. The van der Waals surface area contributed by atoms with Crippen LogP contribution < -0.4 is 5.32 Å². The molecule has 0 saturated carbocycles. The van der Waals surface area contributed by atoms with Gasteiger partial charge in [-0.3, -0.25) is 13.8 Å². The summed E-state index contributed by atoms with van der Waals surface area (Å²) in [5.41, 5.74) is 0. The first-order valence-electron chi connectivity index (χ1n) is 35.0. The first kappa shape index (κ1) is 79.7. The molecule has 3 atom stereocenters. The zero-order valence-electron chi connectivity index (χ0n) is 54.7. The second-order valence-electron chi connectivity index (χ2n) is 24.9. The lowest BCUT2D eigenvalue weighted by atomic mass is 10.0. The summed E-state index contributed by atoms with van der Waals surface area (Å²) in [5.74, 6) is -0.183. The predicted molar refractivity (Wildman–Crippen MR) is 360 cm³/mol. The molecule has 8 nitrogen and oxygen atoms in total. The standard InChI is InChI=1S/C73H135N2O6P/c1-6-8-10-12-14-16-18-20-22-24-26-28-30-32-33-34-35-36-37-38-39-40-41-43-45-47-49-51-53-55-57-59-61-63-65-67-73(77)74-71(70-81-82(78,79)80-69-68-75(3,4)5)72(76)66-64-62-60-58-56-54-52-50-48-46-44-42-31-29-27-25-23-21-19-17-15-13-11-9-7-2/h8,10,14,16,20,22,26,28,32-33,56,58,64,66,71-72,76H,6-7,9,11-13,15,17-19,21,23-25,27,29-31,34-55,57,59-63,65,67-70H2,1-5H3,(H-,74,77,78,79)/p+1/b10-8-,16-14-,22-20-,28-26-,33-32-,58-56+,66-64+. The number of aliphatic hydroxyl groups excluding tert-OH is 1. The highest BCUT2D eigenvalue weighted by Crippen LogP contribution is 2.43. The van der Waals surface area contributed by atoms with Gasteiger partial charge in [-0.2, -0.15) is 0 Å². The van der Waals surface area contributed by atoms with E-state index >= 15 is 0 Å². The van der Waals surface area contributed by atoms with Crippen molar-refractivity contribution in [3.05, 3.63) is 85.1 Å². The number of amides is 1. The Bertz CT molecular complexity index is 1610. The van der Waals surface area contributed by atoms with Gasteiger partial charge in [-0.05, 0) is 77.0 Å². The van der Waals surface area contributed by atoms with Gasteiger partial charge in [0.15, 0.2) is 0 Å². The van der Waals surface area contributed by atoms with E-state index in [4.69, 9.17) is 9.05 Å². The molecule has 0 bridgehead atoms. The number of quaternary nitrogens is 1. The number of unbranched alkanes of at least 4 members (excludes halogenated alkanes) is 39. The lowest BCUT2D eigenvalue weighted by Gasteiger charge is -2.25. The van der Waals surface area contributed by atoms with Crippen LogP contribution in [0.2, 0.25) is 0 Å². The summed E-state index contributed by atoms with van der Waals surface area (Å²) in [6, 6.07) is -0.867. The zero-order chi connectivity index (χ0) is 59.8. The summed E-state index contributed by atoms with van der Waals surface area (Å²) >= 11 is 0. The number of phosphoric acid groups is 1. The predicted octanol–water partition coefficient (Wildman–Crippen LogP) is 22.3. The number of nitrogens with one attached hydrogen (secondary N) is 1. The molecule has 3 N–H and O–H groups in total. The van der Waals surface area contributed by atoms with Crippen LogP contribution in [0.3, 0.4) is 0 Å². The molecule has 478 valence electrons. The smallest absolute Gasteiger partial charge is 0.387 e. The van der Waals surface area contributed by atoms with Crippen molar-refractivity contribution in [2.75, 3.05) is 40.9 Å². The maximum atomic E-state index is 13.0. The van der Waals surface area contributed by atoms with Gasteiger partial charge in [0, 0.05) is 6.42 Å². The Labute approximate surface area is 509 Å². The molecule has 0 aliphatic carbocycles. The molecular formula is C73H136N2O6P+. The van der Waals surface area contributed by atoms with E-state index in [0.717, 1.165) is 70.6 Å². The van der Waals surface area contributed by atoms with Gasteiger partial charge in [0.05, 0.1) is 39.9 Å². The van der Waals surface area contributed by atoms with Gasteiger partial charge in [0.25, 0.3) is 0 Å². The van der Waals surface area contributed by atoms with Gasteiger partial charge in [0.1, 0.15) is 13.2 Å². The second kappa shape index (κ2) is 63.2. The number of hydrogen-bond acceptors (Lipinski definition) is 5. The van der Waals surface area contributed by atoms with Crippen LogP contribution in [0.25, 0.3) is 0 Å². The van der Waals surface area contributed by atoms with Crippen LogP contribution in [-0.2, 0) is 18.4 Å². The lowest BCUT2D eigenvalue weighted by Crippen LogP contribution is -2.45. The van der Waals surface area contributed by atoms with E-state index in [-0.39, 0.29) is 19.1 Å². The van der Waals surface area contributed by atoms with Gasteiger partial charge < -0.3 is 19.8 Å². The van der Waals surface area contributed by atoms with Gasteiger partial charge in [-0.25, -0.2) is 4.57 Å². The van der Waals surface area contributed by atoms with Crippen molar-refractivity contribution in [1.82, 2.24) is 5.32 Å². The minimum absolute atomic E-state index is 0.0552. The molecule has 1 amide bonds. The van der Waals surface area contributed by atoms with Crippen LogP contribution in [-0.4, -0.2) is 73.4 Å². The number of carbonyl (C=O) groups excluding carboxylic acids is 1. The number of hydrogen-bond donors (Lipinski definition) is 3. The molecule has 3 unspecified atom stereocenters. The first-order valence-corrected chi connectivity index (χ1v) is 36.5. The molecule has 82 heavy (non-hydrogen) atoms. The molecule has 0 saturated heterocycles. The lowest BCUT2D eigenvalue weighted by molar-refractivity contribution is -0.870. The Hall–Kier alpha value is -2.32. The Balaban J connectivity index is 4.07. The molecule has 0 fully saturated rings. The van der Waals surface area contributed by atoms with Crippen molar-refractivity contribution in [3.63, 3.8) is 0 Å². The number of aliphatic hydroxyl groups is 1. The average Bonchev–Trinajstić information content (AvgIpc) is 3.45. The van der Waals surface area contributed by atoms with Crippen molar-refractivity contribution in [2.45, 2.75) is 334 Å². The fraction of sp³-hybridized carbons (Fsp3) is 0.795. The number of rotatable bonds is 64. The largest absolute Gasteiger partial charge is 0.472 e. The number of allylic oxidation sites excluding steroid dienone is 13. The topological polar surface area (TPSA) is 105 Å². The van der Waals surface area contributed by atoms with Crippen molar-refractivity contribution in [1.29, 1.82) is 0 Å². The number of likely N-dealkylation sites (N-methyl/N-ethyl adjacent to an activating group) is 1. The highest BCUT2D eigenvalue weighted by Gasteiger charge is 2.28. The Kier molecular flexibility index (Phi) is 61.4. The van der Waals surface area contributed by atoms with Crippen LogP contribution in [0.15, 0.2) is 85.1 Å². The van der Waals surface area contributed by atoms with E-state index in [9.17, 15) is 19.4 Å². The van der Waals surface area contributed by atoms with Gasteiger partial charge >= 0.3 is 7.82 Å². The van der Waals surface area contributed by atoms with E-state index in [1.807, 2.05) is 27.2 Å². The van der Waals surface area contributed by atoms with Crippen molar-refractivity contribution >= 4 is 13.7 Å². The Morgan fingerprint density at radius 3 is 1.12 bits per heavy atom. The summed E-state index contributed by atoms with van der Waals surface area (Å²) in [4.78, 5) is 23.4. The second-order valence-corrected chi connectivity index (χ2v) is 26.3.